The fourth-order valence-corrected chi connectivity index (χ4v) is 2.49. The summed E-state index contributed by atoms with van der Waals surface area (Å²) in [7, 11) is -4.27. The van der Waals surface area contributed by atoms with Crippen molar-refractivity contribution < 1.29 is 18.5 Å². The van der Waals surface area contributed by atoms with Gasteiger partial charge < -0.3 is 9.87 Å². The summed E-state index contributed by atoms with van der Waals surface area (Å²) in [5.41, 5.74) is 8.94. The number of nitrogens with one attached hydrogen (secondary N) is 1. The van der Waals surface area contributed by atoms with Gasteiger partial charge in [0.2, 0.25) is 0 Å². The smallest absolute Gasteiger partial charge is 0.130 e. The molecule has 0 heterocycles. The van der Waals surface area contributed by atoms with Gasteiger partial charge in [-0.1, -0.05) is 35.9 Å². The van der Waals surface area contributed by atoms with Crippen molar-refractivity contribution in [3.63, 3.8) is 0 Å². The zero-order chi connectivity index (χ0) is 19.0. The number of para-hydroxylation sites is 1. The molecule has 3 aromatic rings. The van der Waals surface area contributed by atoms with Crippen molar-refractivity contribution in [2.24, 2.45) is 5.11 Å². The summed E-state index contributed by atoms with van der Waals surface area (Å²) in [6.07, 6.45) is 0. The molecule has 7 heteroatoms. The van der Waals surface area contributed by atoms with Gasteiger partial charge in [-0.15, -0.1) is 0 Å². The Morgan fingerprint density at radius 1 is 0.846 bits per heavy atom. The standard InChI is InChI=1S/C12H11N3.C7H8O3S/c13-15-12-8-6-11(7-9-12)14-10-4-2-1-3-5-10;1-6-2-4-7(5-3-6)11(8,9)10/h1-9,13-14H;2-5H,1H3,(H,8,9,10). The molecular weight excluding hydrogens is 350 g/mol. The third kappa shape index (κ3) is 6.12. The SMILES string of the molecule is Cc1ccc(S(=O)(=O)[O-])cc1.[NH2+]=Nc1ccc(Nc2ccccc2)cc1. The molecule has 0 aliphatic heterocycles. The summed E-state index contributed by atoms with van der Waals surface area (Å²) in [5.74, 6) is 0. The van der Waals surface area contributed by atoms with Crippen LogP contribution >= 0.6 is 0 Å². The fraction of sp³-hybridized carbons (Fsp3) is 0.0526. The molecule has 0 saturated carbocycles. The molecule has 0 aliphatic rings. The summed E-state index contributed by atoms with van der Waals surface area (Å²) >= 11 is 0. The number of hydrogen-bond acceptors (Lipinski definition) is 5. The van der Waals surface area contributed by atoms with Gasteiger partial charge in [-0.3, -0.25) is 0 Å². The zero-order valence-electron chi connectivity index (χ0n) is 14.2. The van der Waals surface area contributed by atoms with E-state index in [0.717, 1.165) is 22.6 Å². The van der Waals surface area contributed by atoms with Gasteiger partial charge in [0, 0.05) is 11.4 Å². The highest BCUT2D eigenvalue weighted by molar-refractivity contribution is 7.85. The van der Waals surface area contributed by atoms with E-state index in [-0.39, 0.29) is 4.90 Å². The first kappa shape index (κ1) is 19.3. The van der Waals surface area contributed by atoms with E-state index in [4.69, 9.17) is 5.53 Å². The Kier molecular flexibility index (Phi) is 6.60. The molecule has 0 unspecified atom stereocenters. The molecule has 0 amide bonds. The zero-order valence-corrected chi connectivity index (χ0v) is 15.0. The molecule has 26 heavy (non-hydrogen) atoms. The van der Waals surface area contributed by atoms with Gasteiger partial charge in [0.05, 0.1) is 4.90 Å². The van der Waals surface area contributed by atoms with E-state index in [2.05, 4.69) is 10.4 Å². The number of nitrogens with two attached hydrogens (primary N) is 1. The second-order valence-electron chi connectivity index (χ2n) is 5.43. The van der Waals surface area contributed by atoms with Gasteiger partial charge >= 0.3 is 0 Å². The van der Waals surface area contributed by atoms with Crippen molar-refractivity contribution >= 4 is 27.2 Å². The normalized spacial score (nSPS) is 10.4. The number of aryl methyl sites for hydroxylation is 1. The van der Waals surface area contributed by atoms with E-state index in [0.29, 0.717) is 0 Å². The number of nitrogens with zero attached hydrogens (tertiary/aromatic N) is 1. The van der Waals surface area contributed by atoms with Gasteiger partial charge in [0.15, 0.2) is 0 Å². The van der Waals surface area contributed by atoms with Crippen LogP contribution in [0.3, 0.4) is 0 Å². The second-order valence-corrected chi connectivity index (χ2v) is 6.81. The van der Waals surface area contributed by atoms with E-state index in [1.165, 1.54) is 12.1 Å². The van der Waals surface area contributed by atoms with Crippen LogP contribution in [0.1, 0.15) is 5.56 Å². The Morgan fingerprint density at radius 3 is 1.88 bits per heavy atom. The minimum Gasteiger partial charge on any atom is -0.744 e. The first-order chi connectivity index (χ1) is 12.4. The second kappa shape index (κ2) is 8.89. The maximum atomic E-state index is 10.4. The predicted octanol–water partition coefficient (Wildman–Crippen LogP) is 3.17. The van der Waals surface area contributed by atoms with E-state index in [1.54, 1.807) is 12.1 Å². The maximum absolute atomic E-state index is 10.4. The Morgan fingerprint density at radius 2 is 1.38 bits per heavy atom. The molecule has 0 spiro atoms. The van der Waals surface area contributed by atoms with Crippen molar-refractivity contribution in [1.29, 1.82) is 0 Å². The van der Waals surface area contributed by atoms with Gasteiger partial charge in [0.25, 0.3) is 0 Å². The Balaban J connectivity index is 0.000000197. The predicted molar refractivity (Wildman–Crippen MR) is 99.3 cm³/mol. The average Bonchev–Trinajstić information content (AvgIpc) is 2.63. The average molecular weight is 369 g/mol. The van der Waals surface area contributed by atoms with Crippen LogP contribution in [0.25, 0.3) is 0 Å². The third-order valence-corrected chi connectivity index (χ3v) is 4.24. The summed E-state index contributed by atoms with van der Waals surface area (Å²) in [4.78, 5) is -0.178. The lowest BCUT2D eigenvalue weighted by atomic mass is 10.2. The molecule has 0 radical (unpaired) electrons. The number of rotatable bonds is 4. The van der Waals surface area contributed by atoms with Crippen molar-refractivity contribution in [3.05, 3.63) is 84.4 Å². The first-order valence-electron chi connectivity index (χ1n) is 7.74. The Hall–Kier alpha value is -3.03. The molecule has 0 bridgehead atoms. The van der Waals surface area contributed by atoms with Gasteiger partial charge in [-0.05, 0) is 60.6 Å². The highest BCUT2D eigenvalue weighted by atomic mass is 32.2. The van der Waals surface area contributed by atoms with Crippen LogP contribution < -0.4 is 10.8 Å². The van der Waals surface area contributed by atoms with Crippen LogP contribution in [-0.4, -0.2) is 13.0 Å². The number of benzene rings is 3. The number of anilines is 2. The molecule has 6 nitrogen and oxygen atoms in total. The van der Waals surface area contributed by atoms with Crippen molar-refractivity contribution in [2.45, 2.75) is 11.8 Å². The van der Waals surface area contributed by atoms with E-state index in [1.807, 2.05) is 61.5 Å². The lowest BCUT2D eigenvalue weighted by Crippen LogP contribution is -2.21. The van der Waals surface area contributed by atoms with Crippen LogP contribution in [0.2, 0.25) is 0 Å². The van der Waals surface area contributed by atoms with E-state index >= 15 is 0 Å². The third-order valence-electron chi connectivity index (χ3n) is 3.39. The quantitative estimate of drug-likeness (QED) is 0.544. The van der Waals surface area contributed by atoms with E-state index in [9.17, 15) is 13.0 Å². The maximum Gasteiger partial charge on any atom is 0.130 e. The van der Waals surface area contributed by atoms with Gasteiger partial charge in [-0.25, -0.2) is 8.42 Å². The molecular formula is C19H19N3O3S. The topological polar surface area (TPSA) is 107 Å². The van der Waals surface area contributed by atoms with Gasteiger partial charge in [-0.2, -0.15) is 5.53 Å². The van der Waals surface area contributed by atoms with Crippen molar-refractivity contribution in [2.75, 3.05) is 5.32 Å². The number of hydrogen-bond donors (Lipinski definition) is 2. The van der Waals surface area contributed by atoms with Crippen LogP contribution in [0, 0.1) is 6.92 Å². The Labute approximate surface area is 152 Å². The summed E-state index contributed by atoms with van der Waals surface area (Å²) in [6, 6.07) is 23.4. The fourth-order valence-electron chi connectivity index (χ4n) is 2.02. The van der Waals surface area contributed by atoms with E-state index < -0.39 is 10.1 Å². The molecule has 3 aromatic carbocycles. The summed E-state index contributed by atoms with van der Waals surface area (Å²) in [5, 5.41) is 6.86. The molecule has 0 saturated heterocycles. The molecule has 0 aliphatic carbocycles. The van der Waals surface area contributed by atoms with Crippen molar-refractivity contribution in [1.82, 2.24) is 0 Å². The summed E-state index contributed by atoms with van der Waals surface area (Å²) in [6.45, 7) is 1.82. The molecule has 0 atom stereocenters. The first-order valence-corrected chi connectivity index (χ1v) is 9.15. The van der Waals surface area contributed by atoms with Crippen LogP contribution in [-0.2, 0) is 10.1 Å². The minimum atomic E-state index is -4.27. The van der Waals surface area contributed by atoms with Crippen molar-refractivity contribution in [3.8, 4) is 0 Å². The molecule has 0 aromatic heterocycles. The summed E-state index contributed by atoms with van der Waals surface area (Å²) < 4.78 is 31.2. The van der Waals surface area contributed by atoms with Crippen LogP contribution in [0.15, 0.2) is 88.9 Å². The molecule has 0 fully saturated rings. The lowest BCUT2D eigenvalue weighted by Gasteiger charge is -2.05. The van der Waals surface area contributed by atoms with Crippen LogP contribution in [0.4, 0.5) is 17.1 Å². The molecule has 3 N–H and O–H groups in total. The largest absolute Gasteiger partial charge is 0.744 e. The Bertz CT molecular complexity index is 940. The molecule has 134 valence electrons. The monoisotopic (exact) mass is 369 g/mol. The highest BCUT2D eigenvalue weighted by Crippen LogP contribution is 2.19. The molecule has 3 rings (SSSR count). The highest BCUT2D eigenvalue weighted by Gasteiger charge is 1.98. The van der Waals surface area contributed by atoms with Gasteiger partial charge in [0.1, 0.15) is 15.8 Å². The lowest BCUT2D eigenvalue weighted by molar-refractivity contribution is -0.210. The van der Waals surface area contributed by atoms with Crippen LogP contribution in [0.5, 0.6) is 0 Å². The minimum absolute atomic E-state index is 0.178.